The minimum absolute atomic E-state index is 0.0249. The van der Waals surface area contributed by atoms with E-state index in [1.165, 1.54) is 29.2 Å². The molecule has 1 spiro atoms. The highest BCUT2D eigenvalue weighted by Gasteiger charge is 2.37. The number of morpholine rings is 1. The number of piperidine rings is 1. The minimum atomic E-state index is -0.101. The number of benzene rings is 1. The van der Waals surface area contributed by atoms with Crippen LogP contribution in [0.4, 0.5) is 0 Å². The zero-order chi connectivity index (χ0) is 26.0. The smallest absolute Gasteiger partial charge is 0.258 e. The summed E-state index contributed by atoms with van der Waals surface area (Å²) in [5.74, 6) is 0.526. The van der Waals surface area contributed by atoms with Crippen molar-refractivity contribution in [2.45, 2.75) is 44.4 Å². The summed E-state index contributed by atoms with van der Waals surface area (Å²) in [6.45, 7) is 6.04. The standard InChI is InChI=1S/C30H33ClN4O3/c31-25-5-6-26(33-17-25)19-37-28-8-12-35(29(36)16-28)27-7-4-23-14-22(2-3-24(23)15-27)18-34-11-1-9-30(21-34)20-32-10-13-38-30/h2-3,5-6,8,12,14-17,32H,1,4,7,9-11,13,18-21H2. The molecule has 2 fully saturated rings. The molecular weight excluding hydrogens is 500 g/mol. The average molecular weight is 533 g/mol. The van der Waals surface area contributed by atoms with Gasteiger partial charge in [-0.2, -0.15) is 0 Å². The first kappa shape index (κ1) is 25.3. The Kier molecular flexibility index (Phi) is 7.34. The Hall–Kier alpha value is -2.97. The van der Waals surface area contributed by atoms with E-state index < -0.39 is 0 Å². The van der Waals surface area contributed by atoms with Crippen molar-refractivity contribution in [2.75, 3.05) is 32.8 Å². The third-order valence-corrected chi connectivity index (χ3v) is 7.94. The van der Waals surface area contributed by atoms with Crippen LogP contribution >= 0.6 is 11.6 Å². The number of nitrogens with one attached hydrogen (secondary N) is 1. The summed E-state index contributed by atoms with van der Waals surface area (Å²) >= 11 is 5.88. The highest BCUT2D eigenvalue weighted by Crippen LogP contribution is 2.30. The van der Waals surface area contributed by atoms with Crippen LogP contribution in [-0.4, -0.2) is 52.8 Å². The zero-order valence-electron chi connectivity index (χ0n) is 21.5. The van der Waals surface area contributed by atoms with Crippen molar-refractivity contribution in [1.29, 1.82) is 0 Å². The summed E-state index contributed by atoms with van der Waals surface area (Å²) in [4.78, 5) is 19.7. The fraction of sp³-hybridized carbons (Fsp3) is 0.400. The number of aromatic nitrogens is 2. The number of ether oxygens (including phenoxy) is 2. The molecule has 7 nitrogen and oxygen atoms in total. The molecule has 198 valence electrons. The van der Waals surface area contributed by atoms with Crippen molar-refractivity contribution in [3.63, 3.8) is 0 Å². The second kappa shape index (κ2) is 11.0. The maximum atomic E-state index is 12.9. The number of aryl methyl sites for hydroxylation is 1. The molecular formula is C30H33ClN4O3. The Morgan fingerprint density at radius 1 is 1.16 bits per heavy atom. The van der Waals surface area contributed by atoms with Crippen LogP contribution in [0.3, 0.4) is 0 Å². The molecule has 1 N–H and O–H groups in total. The van der Waals surface area contributed by atoms with Crippen LogP contribution in [0.2, 0.25) is 5.02 Å². The molecule has 1 unspecified atom stereocenters. The normalized spacial score (nSPS) is 21.7. The summed E-state index contributed by atoms with van der Waals surface area (Å²) < 4.78 is 13.7. The van der Waals surface area contributed by atoms with Gasteiger partial charge in [-0.05, 0) is 73.2 Å². The first-order valence-corrected chi connectivity index (χ1v) is 13.8. The largest absolute Gasteiger partial charge is 0.487 e. The predicted octanol–water partition coefficient (Wildman–Crippen LogP) is 4.37. The van der Waals surface area contributed by atoms with Gasteiger partial charge in [0.05, 0.1) is 22.9 Å². The number of nitrogens with zero attached hydrogens (tertiary/aromatic N) is 3. The highest BCUT2D eigenvalue weighted by molar-refractivity contribution is 6.30. The number of hydrogen-bond acceptors (Lipinski definition) is 6. The lowest BCUT2D eigenvalue weighted by Crippen LogP contribution is -2.58. The third-order valence-electron chi connectivity index (χ3n) is 7.71. The lowest BCUT2D eigenvalue weighted by molar-refractivity contribution is -0.107. The first-order chi connectivity index (χ1) is 18.6. The Balaban J connectivity index is 1.11. The van der Waals surface area contributed by atoms with Gasteiger partial charge >= 0.3 is 0 Å². The number of halogens is 1. The molecule has 3 aromatic rings. The van der Waals surface area contributed by atoms with Gasteiger partial charge in [-0.3, -0.25) is 19.2 Å². The van der Waals surface area contributed by atoms with Gasteiger partial charge < -0.3 is 14.8 Å². The fourth-order valence-corrected chi connectivity index (χ4v) is 5.92. The molecule has 0 amide bonds. The monoisotopic (exact) mass is 532 g/mol. The molecule has 3 aliphatic rings. The van der Waals surface area contributed by atoms with E-state index in [1.54, 1.807) is 23.0 Å². The van der Waals surface area contributed by atoms with Crippen molar-refractivity contribution in [2.24, 2.45) is 0 Å². The van der Waals surface area contributed by atoms with Crippen LogP contribution in [-0.2, 0) is 24.3 Å². The molecule has 0 bridgehead atoms. The molecule has 6 rings (SSSR count). The van der Waals surface area contributed by atoms with Crippen molar-refractivity contribution < 1.29 is 9.47 Å². The molecule has 0 saturated carbocycles. The number of rotatable bonds is 6. The van der Waals surface area contributed by atoms with Gasteiger partial charge in [-0.15, -0.1) is 0 Å². The molecule has 4 heterocycles. The SMILES string of the molecule is O=c1cc(OCc2ccc(Cl)cn2)ccn1C1=Cc2ccc(CN3CCCC4(CNCCO4)C3)cc2CC1. The number of likely N-dealkylation sites (tertiary alicyclic amines) is 1. The van der Waals surface area contributed by atoms with E-state index in [-0.39, 0.29) is 17.8 Å². The van der Waals surface area contributed by atoms with E-state index in [0.717, 1.165) is 70.0 Å². The van der Waals surface area contributed by atoms with Crippen molar-refractivity contribution >= 4 is 23.4 Å². The van der Waals surface area contributed by atoms with Gasteiger partial charge in [0.15, 0.2) is 0 Å². The van der Waals surface area contributed by atoms with Gasteiger partial charge in [0, 0.05) is 50.3 Å². The Morgan fingerprint density at radius 3 is 2.92 bits per heavy atom. The van der Waals surface area contributed by atoms with E-state index in [9.17, 15) is 4.79 Å². The molecule has 2 aromatic heterocycles. The Bertz CT molecular complexity index is 1370. The van der Waals surface area contributed by atoms with Gasteiger partial charge in [0.2, 0.25) is 0 Å². The number of hydrogen-bond donors (Lipinski definition) is 1. The van der Waals surface area contributed by atoms with Crippen molar-refractivity contribution in [3.8, 4) is 5.75 Å². The van der Waals surface area contributed by atoms with E-state index >= 15 is 0 Å². The van der Waals surface area contributed by atoms with Crippen molar-refractivity contribution in [1.82, 2.24) is 19.8 Å². The van der Waals surface area contributed by atoms with E-state index in [2.05, 4.69) is 39.5 Å². The Morgan fingerprint density at radius 2 is 2.11 bits per heavy atom. The summed E-state index contributed by atoms with van der Waals surface area (Å²) in [5.41, 5.74) is 5.50. The van der Waals surface area contributed by atoms with Crippen LogP contribution in [0.1, 0.15) is 41.6 Å². The molecule has 0 radical (unpaired) electrons. The lowest BCUT2D eigenvalue weighted by Gasteiger charge is -2.45. The van der Waals surface area contributed by atoms with E-state index in [0.29, 0.717) is 10.8 Å². The Labute approximate surface area is 228 Å². The molecule has 1 aliphatic carbocycles. The summed E-state index contributed by atoms with van der Waals surface area (Å²) in [5, 5.41) is 4.09. The molecule has 1 atom stereocenters. The van der Waals surface area contributed by atoms with Crippen LogP contribution in [0.15, 0.2) is 59.7 Å². The topological polar surface area (TPSA) is 68.6 Å². The predicted molar refractivity (Wildman–Crippen MR) is 149 cm³/mol. The van der Waals surface area contributed by atoms with Crippen LogP contribution in [0, 0.1) is 0 Å². The number of pyridine rings is 2. The maximum absolute atomic E-state index is 12.9. The van der Waals surface area contributed by atoms with E-state index in [1.807, 2.05) is 12.1 Å². The molecule has 8 heteroatoms. The molecule has 38 heavy (non-hydrogen) atoms. The average Bonchev–Trinajstić information content (AvgIpc) is 2.93. The quantitative estimate of drug-likeness (QED) is 0.508. The second-order valence-electron chi connectivity index (χ2n) is 10.5. The first-order valence-electron chi connectivity index (χ1n) is 13.4. The van der Waals surface area contributed by atoms with Gasteiger partial charge in [0.25, 0.3) is 5.56 Å². The summed E-state index contributed by atoms with van der Waals surface area (Å²) in [6.07, 6.45) is 9.57. The van der Waals surface area contributed by atoms with E-state index in [4.69, 9.17) is 21.1 Å². The third kappa shape index (κ3) is 5.71. The van der Waals surface area contributed by atoms with Crippen LogP contribution in [0.5, 0.6) is 5.75 Å². The summed E-state index contributed by atoms with van der Waals surface area (Å²) in [7, 11) is 0. The van der Waals surface area contributed by atoms with Crippen LogP contribution in [0.25, 0.3) is 11.8 Å². The van der Waals surface area contributed by atoms with Crippen LogP contribution < -0.4 is 15.6 Å². The zero-order valence-corrected chi connectivity index (χ0v) is 22.3. The lowest BCUT2D eigenvalue weighted by atomic mass is 9.90. The summed E-state index contributed by atoms with van der Waals surface area (Å²) in [6, 6.07) is 13.7. The molecule has 2 aliphatic heterocycles. The second-order valence-corrected chi connectivity index (χ2v) is 11.0. The fourth-order valence-electron chi connectivity index (χ4n) is 5.81. The van der Waals surface area contributed by atoms with Gasteiger partial charge in [-0.25, -0.2) is 0 Å². The highest BCUT2D eigenvalue weighted by atomic mass is 35.5. The van der Waals surface area contributed by atoms with Gasteiger partial charge in [0.1, 0.15) is 12.4 Å². The minimum Gasteiger partial charge on any atom is -0.487 e. The van der Waals surface area contributed by atoms with Gasteiger partial charge in [-0.1, -0.05) is 29.8 Å². The molecule has 1 aromatic carbocycles. The van der Waals surface area contributed by atoms with Crippen molar-refractivity contribution in [3.05, 3.63) is 92.6 Å². The number of allylic oxidation sites excluding steroid dienone is 1. The molecule has 2 saturated heterocycles. The maximum Gasteiger partial charge on any atom is 0.258 e. The number of fused-ring (bicyclic) bond motifs is 1.